The molecule has 3 aliphatic rings. The molecular formula is C13H19NO6S. The molecule has 3 aliphatic heterocycles. The minimum absolute atomic E-state index is 0.228. The first kappa shape index (κ1) is 15.0. The largest absolute Gasteiger partial charge is 0.371 e. The van der Waals surface area contributed by atoms with Crippen molar-refractivity contribution in [3.8, 4) is 0 Å². The van der Waals surface area contributed by atoms with Crippen molar-refractivity contribution in [3.63, 3.8) is 0 Å². The summed E-state index contributed by atoms with van der Waals surface area (Å²) in [4.78, 5) is 11.3. The highest BCUT2D eigenvalue weighted by Crippen LogP contribution is 2.54. The van der Waals surface area contributed by atoms with E-state index in [1.807, 2.05) is 0 Å². The van der Waals surface area contributed by atoms with Crippen LogP contribution in [0, 0.1) is 0 Å². The van der Waals surface area contributed by atoms with Crippen LogP contribution in [0.4, 0.5) is 0 Å². The van der Waals surface area contributed by atoms with Crippen LogP contribution in [0.25, 0.3) is 0 Å². The van der Waals surface area contributed by atoms with E-state index in [0.717, 1.165) is 0 Å². The van der Waals surface area contributed by atoms with Crippen molar-refractivity contribution in [3.05, 3.63) is 12.2 Å². The first-order valence-electron chi connectivity index (χ1n) is 6.91. The first-order chi connectivity index (χ1) is 9.75. The first-order valence-corrected chi connectivity index (χ1v) is 8.38. The van der Waals surface area contributed by atoms with Gasteiger partial charge in [0.15, 0.2) is 0 Å². The monoisotopic (exact) mass is 317 g/mol. The minimum atomic E-state index is -3.56. The Labute approximate surface area is 123 Å². The second-order valence-electron chi connectivity index (χ2n) is 5.96. The number of fused-ring (bicyclic) bond motifs is 1. The molecule has 2 bridgehead atoms. The molecule has 0 aliphatic carbocycles. The maximum atomic E-state index is 11.9. The van der Waals surface area contributed by atoms with Crippen molar-refractivity contribution in [2.75, 3.05) is 13.2 Å². The van der Waals surface area contributed by atoms with Gasteiger partial charge in [0.05, 0.1) is 12.7 Å². The average molecular weight is 317 g/mol. The molecule has 3 saturated heterocycles. The van der Waals surface area contributed by atoms with Crippen LogP contribution < -0.4 is 5.32 Å². The van der Waals surface area contributed by atoms with Crippen LogP contribution in [0.3, 0.4) is 0 Å². The van der Waals surface area contributed by atoms with E-state index in [-0.39, 0.29) is 18.6 Å². The number of rotatable bonds is 5. The van der Waals surface area contributed by atoms with Gasteiger partial charge in [-0.1, -0.05) is 6.58 Å². The third-order valence-electron chi connectivity index (χ3n) is 4.33. The summed E-state index contributed by atoms with van der Waals surface area (Å²) in [5, 5.41) is 2.09. The molecule has 0 spiro atoms. The van der Waals surface area contributed by atoms with Gasteiger partial charge in [0.2, 0.25) is 5.91 Å². The third-order valence-corrected chi connectivity index (χ3v) is 6.10. The van der Waals surface area contributed by atoms with Crippen LogP contribution >= 0.6 is 0 Å². The Balaban J connectivity index is 1.59. The molecule has 0 radical (unpaired) electrons. The fourth-order valence-corrected chi connectivity index (χ4v) is 5.24. The summed E-state index contributed by atoms with van der Waals surface area (Å²) in [6, 6.07) is 0. The normalized spacial score (nSPS) is 42.2. The van der Waals surface area contributed by atoms with Gasteiger partial charge in [0, 0.05) is 12.1 Å². The van der Waals surface area contributed by atoms with Gasteiger partial charge in [-0.15, -0.1) is 0 Å². The number of carbonyl (C=O) groups excluding carboxylic acids is 1. The summed E-state index contributed by atoms with van der Waals surface area (Å²) < 4.78 is 40.5. The summed E-state index contributed by atoms with van der Waals surface area (Å²) in [6.45, 7) is 7.47. The van der Waals surface area contributed by atoms with Gasteiger partial charge in [-0.3, -0.25) is 8.98 Å². The van der Waals surface area contributed by atoms with Gasteiger partial charge >= 0.3 is 0 Å². The highest BCUT2D eigenvalue weighted by molar-refractivity contribution is 7.87. The molecule has 5 atom stereocenters. The maximum absolute atomic E-state index is 11.9. The van der Waals surface area contributed by atoms with Crippen molar-refractivity contribution in [1.82, 2.24) is 5.32 Å². The molecule has 3 heterocycles. The Morgan fingerprint density at radius 2 is 2.24 bits per heavy atom. The van der Waals surface area contributed by atoms with E-state index in [1.54, 1.807) is 13.8 Å². The number of ether oxygens (including phenoxy) is 2. The molecule has 0 saturated carbocycles. The Morgan fingerprint density at radius 1 is 1.52 bits per heavy atom. The van der Waals surface area contributed by atoms with E-state index in [4.69, 9.17) is 13.7 Å². The predicted octanol–water partition coefficient (Wildman–Crippen LogP) is -0.278. The SMILES string of the molecule is C=C(C)C(=O)NCCOC1C2CC3C(O2)C1(C)OS3(=O)=O. The van der Waals surface area contributed by atoms with Crippen molar-refractivity contribution in [2.24, 2.45) is 0 Å². The third kappa shape index (κ3) is 2.21. The average Bonchev–Trinajstić information content (AvgIpc) is 2.95. The molecule has 7 nitrogen and oxygen atoms in total. The zero-order chi connectivity index (χ0) is 15.4. The van der Waals surface area contributed by atoms with Gasteiger partial charge in [0.1, 0.15) is 23.1 Å². The van der Waals surface area contributed by atoms with E-state index in [0.29, 0.717) is 18.5 Å². The van der Waals surface area contributed by atoms with Crippen LogP contribution in [-0.4, -0.2) is 56.6 Å². The van der Waals surface area contributed by atoms with E-state index >= 15 is 0 Å². The Morgan fingerprint density at radius 3 is 2.90 bits per heavy atom. The van der Waals surface area contributed by atoms with E-state index in [2.05, 4.69) is 11.9 Å². The summed E-state index contributed by atoms with van der Waals surface area (Å²) in [5.41, 5.74) is -0.525. The number of nitrogens with one attached hydrogen (secondary N) is 1. The maximum Gasteiger partial charge on any atom is 0.273 e. The van der Waals surface area contributed by atoms with E-state index in [9.17, 15) is 13.2 Å². The summed E-state index contributed by atoms with van der Waals surface area (Å²) in [5.74, 6) is -0.228. The molecule has 0 aromatic carbocycles. The molecule has 3 fully saturated rings. The molecule has 8 heteroatoms. The van der Waals surface area contributed by atoms with E-state index < -0.39 is 33.2 Å². The Bertz CT molecular complexity index is 587. The lowest BCUT2D eigenvalue weighted by Crippen LogP contribution is -2.50. The standard InChI is InChI=1S/C13H19NO6S/c1-7(2)12(15)14-4-5-18-10-8-6-9-11(19-8)13(10,3)20-21(9,16)17/h8-11H,1,4-6H2,2-3H3,(H,14,15). The van der Waals surface area contributed by atoms with Crippen molar-refractivity contribution >= 4 is 16.0 Å². The Hall–Kier alpha value is -0.960. The zero-order valence-corrected chi connectivity index (χ0v) is 12.8. The second-order valence-corrected chi connectivity index (χ2v) is 7.71. The van der Waals surface area contributed by atoms with Gasteiger partial charge in [0.25, 0.3) is 10.1 Å². The quantitative estimate of drug-likeness (QED) is 0.426. The van der Waals surface area contributed by atoms with Crippen LogP contribution in [0.5, 0.6) is 0 Å². The van der Waals surface area contributed by atoms with Gasteiger partial charge in [-0.25, -0.2) is 0 Å². The minimum Gasteiger partial charge on any atom is -0.371 e. The zero-order valence-electron chi connectivity index (χ0n) is 12.0. The molecule has 1 N–H and O–H groups in total. The van der Waals surface area contributed by atoms with E-state index in [1.165, 1.54) is 0 Å². The van der Waals surface area contributed by atoms with Gasteiger partial charge in [-0.05, 0) is 20.3 Å². The van der Waals surface area contributed by atoms with Crippen LogP contribution in [0.15, 0.2) is 12.2 Å². The molecule has 3 rings (SSSR count). The molecule has 0 aromatic rings. The van der Waals surface area contributed by atoms with Crippen LogP contribution in [-0.2, 0) is 28.6 Å². The van der Waals surface area contributed by atoms with Gasteiger partial charge < -0.3 is 14.8 Å². The van der Waals surface area contributed by atoms with Crippen molar-refractivity contribution in [2.45, 2.75) is 49.4 Å². The smallest absolute Gasteiger partial charge is 0.273 e. The molecule has 1 amide bonds. The Kier molecular flexibility index (Phi) is 3.40. The van der Waals surface area contributed by atoms with Crippen LogP contribution in [0.1, 0.15) is 20.3 Å². The lowest BCUT2D eigenvalue weighted by atomic mass is 9.83. The summed E-state index contributed by atoms with van der Waals surface area (Å²) in [7, 11) is -3.56. The summed E-state index contributed by atoms with van der Waals surface area (Å²) >= 11 is 0. The predicted molar refractivity (Wildman–Crippen MR) is 73.0 cm³/mol. The fraction of sp³-hybridized carbons (Fsp3) is 0.769. The molecular weight excluding hydrogens is 298 g/mol. The second kappa shape index (κ2) is 4.77. The number of hydrogen-bond donors (Lipinski definition) is 1. The number of hydrogen-bond acceptors (Lipinski definition) is 6. The highest BCUT2D eigenvalue weighted by atomic mass is 32.2. The lowest BCUT2D eigenvalue weighted by Gasteiger charge is -2.30. The molecule has 0 aromatic heterocycles. The summed E-state index contributed by atoms with van der Waals surface area (Å²) in [6.07, 6.45) is -0.745. The molecule has 21 heavy (non-hydrogen) atoms. The van der Waals surface area contributed by atoms with Crippen LogP contribution in [0.2, 0.25) is 0 Å². The number of carbonyl (C=O) groups is 1. The molecule has 118 valence electrons. The molecule has 5 unspecified atom stereocenters. The van der Waals surface area contributed by atoms with Crippen molar-refractivity contribution < 1.29 is 26.9 Å². The number of amides is 1. The highest BCUT2D eigenvalue weighted by Gasteiger charge is 2.72. The fourth-order valence-electron chi connectivity index (χ4n) is 3.36. The topological polar surface area (TPSA) is 90.9 Å². The van der Waals surface area contributed by atoms with Crippen molar-refractivity contribution in [1.29, 1.82) is 0 Å². The van der Waals surface area contributed by atoms with Gasteiger partial charge in [-0.2, -0.15) is 8.42 Å². The lowest BCUT2D eigenvalue weighted by molar-refractivity contribution is -0.118.